The summed E-state index contributed by atoms with van der Waals surface area (Å²) in [7, 11) is 1.95. The quantitative estimate of drug-likeness (QED) is 0.867. The molecule has 1 rings (SSSR count). The molecule has 1 aromatic rings. The van der Waals surface area contributed by atoms with Gasteiger partial charge in [-0.15, -0.1) is 0 Å². The number of halogens is 2. The van der Waals surface area contributed by atoms with Gasteiger partial charge in [0, 0.05) is 4.47 Å². The van der Waals surface area contributed by atoms with Crippen LogP contribution in [0.4, 0.5) is 0 Å². The van der Waals surface area contributed by atoms with Gasteiger partial charge >= 0.3 is 0 Å². The zero-order valence-corrected chi connectivity index (χ0v) is 9.24. The van der Waals surface area contributed by atoms with Crippen molar-refractivity contribution in [2.75, 3.05) is 13.6 Å². The fourth-order valence-electron chi connectivity index (χ4n) is 0.964. The standard InChI is InChI=1S/C9H11BrClN/c1-12-5-4-7-2-3-9(11)8(10)6-7/h2-3,6,12H,4-5H2,1H3. The zero-order valence-electron chi connectivity index (χ0n) is 6.90. The first-order valence-corrected chi connectivity index (χ1v) is 4.99. The van der Waals surface area contributed by atoms with Crippen molar-refractivity contribution in [2.24, 2.45) is 0 Å². The maximum Gasteiger partial charge on any atom is 0.0548 e. The van der Waals surface area contributed by atoms with Gasteiger partial charge < -0.3 is 5.32 Å². The normalized spacial score (nSPS) is 10.2. The third kappa shape index (κ3) is 2.77. The summed E-state index contributed by atoms with van der Waals surface area (Å²) in [6, 6.07) is 6.01. The summed E-state index contributed by atoms with van der Waals surface area (Å²) < 4.78 is 0.970. The van der Waals surface area contributed by atoms with Crippen LogP contribution < -0.4 is 5.32 Å². The Kier molecular flexibility index (Phi) is 4.06. The molecule has 3 heteroatoms. The van der Waals surface area contributed by atoms with Crippen LogP contribution in [-0.4, -0.2) is 13.6 Å². The van der Waals surface area contributed by atoms with Gasteiger partial charge in [-0.1, -0.05) is 17.7 Å². The highest BCUT2D eigenvalue weighted by Gasteiger charge is 1.97. The van der Waals surface area contributed by atoms with Crippen molar-refractivity contribution in [1.29, 1.82) is 0 Å². The SMILES string of the molecule is CNCCc1ccc(Cl)c(Br)c1. The molecular formula is C9H11BrClN. The van der Waals surface area contributed by atoms with E-state index < -0.39 is 0 Å². The molecule has 0 aromatic heterocycles. The molecule has 0 aliphatic heterocycles. The van der Waals surface area contributed by atoms with Crippen molar-refractivity contribution < 1.29 is 0 Å². The van der Waals surface area contributed by atoms with Crippen molar-refractivity contribution in [3.63, 3.8) is 0 Å². The second-order valence-electron chi connectivity index (χ2n) is 2.60. The van der Waals surface area contributed by atoms with Crippen molar-refractivity contribution in [3.05, 3.63) is 33.3 Å². The lowest BCUT2D eigenvalue weighted by Crippen LogP contribution is -2.10. The molecule has 66 valence electrons. The first-order chi connectivity index (χ1) is 5.74. The number of likely N-dealkylation sites (N-methyl/N-ethyl adjacent to an activating group) is 1. The van der Waals surface area contributed by atoms with E-state index in [2.05, 4.69) is 27.3 Å². The van der Waals surface area contributed by atoms with Crippen LogP contribution >= 0.6 is 27.5 Å². The summed E-state index contributed by atoms with van der Waals surface area (Å²) in [5.41, 5.74) is 1.29. The Morgan fingerprint density at radius 2 is 2.25 bits per heavy atom. The van der Waals surface area contributed by atoms with E-state index in [9.17, 15) is 0 Å². The van der Waals surface area contributed by atoms with Crippen molar-refractivity contribution in [1.82, 2.24) is 5.32 Å². The van der Waals surface area contributed by atoms with E-state index >= 15 is 0 Å². The monoisotopic (exact) mass is 247 g/mol. The molecule has 1 N–H and O–H groups in total. The van der Waals surface area contributed by atoms with Crippen LogP contribution in [0.2, 0.25) is 5.02 Å². The topological polar surface area (TPSA) is 12.0 Å². The van der Waals surface area contributed by atoms with Crippen LogP contribution in [0.5, 0.6) is 0 Å². The Labute approximate surface area is 86.2 Å². The van der Waals surface area contributed by atoms with Gasteiger partial charge in [0.25, 0.3) is 0 Å². The van der Waals surface area contributed by atoms with E-state index in [0.29, 0.717) is 0 Å². The molecule has 0 spiro atoms. The Bertz CT molecular complexity index is 263. The van der Waals surface area contributed by atoms with Crippen LogP contribution in [0.15, 0.2) is 22.7 Å². The van der Waals surface area contributed by atoms with Gasteiger partial charge in [-0.3, -0.25) is 0 Å². The number of rotatable bonds is 3. The van der Waals surface area contributed by atoms with Crippen molar-refractivity contribution in [2.45, 2.75) is 6.42 Å². The average Bonchev–Trinajstić information content (AvgIpc) is 2.07. The molecule has 0 bridgehead atoms. The first kappa shape index (κ1) is 10.0. The second-order valence-corrected chi connectivity index (χ2v) is 3.86. The average molecular weight is 249 g/mol. The van der Waals surface area contributed by atoms with E-state index in [0.717, 1.165) is 22.5 Å². The largest absolute Gasteiger partial charge is 0.319 e. The lowest BCUT2D eigenvalue weighted by Gasteiger charge is -2.02. The molecule has 0 radical (unpaired) electrons. The lowest BCUT2D eigenvalue weighted by molar-refractivity contribution is 0.791. The molecule has 0 aliphatic rings. The van der Waals surface area contributed by atoms with Crippen LogP contribution in [0, 0.1) is 0 Å². The van der Waals surface area contributed by atoms with Crippen molar-refractivity contribution >= 4 is 27.5 Å². The minimum atomic E-state index is 0.767. The molecule has 0 fully saturated rings. The minimum Gasteiger partial charge on any atom is -0.319 e. The maximum absolute atomic E-state index is 5.85. The van der Waals surface area contributed by atoms with Gasteiger partial charge in [-0.25, -0.2) is 0 Å². The number of benzene rings is 1. The lowest BCUT2D eigenvalue weighted by atomic mass is 10.1. The maximum atomic E-state index is 5.85. The molecule has 12 heavy (non-hydrogen) atoms. The second kappa shape index (κ2) is 4.85. The van der Waals surface area contributed by atoms with E-state index in [-0.39, 0.29) is 0 Å². The van der Waals surface area contributed by atoms with Gasteiger partial charge in [0.1, 0.15) is 0 Å². The summed E-state index contributed by atoms with van der Waals surface area (Å²) >= 11 is 9.24. The first-order valence-electron chi connectivity index (χ1n) is 3.82. The fourth-order valence-corrected chi connectivity index (χ4v) is 1.51. The van der Waals surface area contributed by atoms with Crippen LogP contribution in [-0.2, 0) is 6.42 Å². The van der Waals surface area contributed by atoms with Gasteiger partial charge in [0.15, 0.2) is 0 Å². The Morgan fingerprint density at radius 1 is 1.50 bits per heavy atom. The summed E-state index contributed by atoms with van der Waals surface area (Å²) in [6.45, 7) is 0.994. The van der Waals surface area contributed by atoms with Crippen LogP contribution in [0.1, 0.15) is 5.56 Å². The third-order valence-corrected chi connectivity index (χ3v) is 2.86. The highest BCUT2D eigenvalue weighted by atomic mass is 79.9. The summed E-state index contributed by atoms with van der Waals surface area (Å²) in [5, 5.41) is 3.87. The number of hydrogen-bond donors (Lipinski definition) is 1. The molecular weight excluding hydrogens is 237 g/mol. The van der Waals surface area contributed by atoms with E-state index in [1.54, 1.807) is 0 Å². The van der Waals surface area contributed by atoms with E-state index in [1.807, 2.05) is 19.2 Å². The molecule has 1 aromatic carbocycles. The van der Waals surface area contributed by atoms with E-state index in [1.165, 1.54) is 5.56 Å². The van der Waals surface area contributed by atoms with Crippen LogP contribution in [0.3, 0.4) is 0 Å². The molecule has 1 nitrogen and oxygen atoms in total. The highest BCUT2D eigenvalue weighted by Crippen LogP contribution is 2.23. The van der Waals surface area contributed by atoms with Gasteiger partial charge in [-0.2, -0.15) is 0 Å². The molecule has 0 saturated heterocycles. The molecule has 0 unspecified atom stereocenters. The Morgan fingerprint density at radius 3 is 2.83 bits per heavy atom. The fraction of sp³-hybridized carbons (Fsp3) is 0.333. The number of nitrogens with one attached hydrogen (secondary N) is 1. The molecule has 0 amide bonds. The summed E-state index contributed by atoms with van der Waals surface area (Å²) in [4.78, 5) is 0. The Hall–Kier alpha value is -0.0500. The molecule has 0 aliphatic carbocycles. The predicted molar refractivity (Wildman–Crippen MR) is 56.8 cm³/mol. The van der Waals surface area contributed by atoms with Gasteiger partial charge in [0.2, 0.25) is 0 Å². The molecule has 0 saturated carbocycles. The van der Waals surface area contributed by atoms with Gasteiger partial charge in [-0.05, 0) is 53.6 Å². The zero-order chi connectivity index (χ0) is 8.97. The van der Waals surface area contributed by atoms with Gasteiger partial charge in [0.05, 0.1) is 5.02 Å². The van der Waals surface area contributed by atoms with Crippen LogP contribution in [0.25, 0.3) is 0 Å². The highest BCUT2D eigenvalue weighted by molar-refractivity contribution is 9.10. The molecule has 0 atom stereocenters. The summed E-state index contributed by atoms with van der Waals surface area (Å²) in [5.74, 6) is 0. The molecule has 0 heterocycles. The smallest absolute Gasteiger partial charge is 0.0548 e. The van der Waals surface area contributed by atoms with Crippen molar-refractivity contribution in [3.8, 4) is 0 Å². The summed E-state index contributed by atoms with van der Waals surface area (Å²) in [6.07, 6.45) is 1.03. The third-order valence-electron chi connectivity index (χ3n) is 1.65. The van der Waals surface area contributed by atoms with E-state index in [4.69, 9.17) is 11.6 Å². The minimum absolute atomic E-state index is 0.767. The number of hydrogen-bond acceptors (Lipinski definition) is 1. The Balaban J connectivity index is 2.69. The predicted octanol–water partition coefficient (Wildman–Crippen LogP) is 2.86.